The molecule has 1 saturated heterocycles. The van der Waals surface area contributed by atoms with E-state index in [1.165, 1.54) is 0 Å². The molecule has 0 spiro atoms. The van der Waals surface area contributed by atoms with Gasteiger partial charge in [0.1, 0.15) is 18.2 Å². The van der Waals surface area contributed by atoms with Crippen LogP contribution in [0.1, 0.15) is 22.3 Å². The summed E-state index contributed by atoms with van der Waals surface area (Å²) in [7, 11) is 0. The Bertz CT molecular complexity index is 1040. The lowest BCUT2D eigenvalue weighted by atomic mass is 10.1. The SMILES string of the molecule is O=C1NC(=O)/C(=C/c2cc(F)ccc2OCc2cc(C(F)(F)F)cc(C(F)(F)F)c2)S1. The molecule has 164 valence electrons. The van der Waals surface area contributed by atoms with Crippen LogP contribution in [-0.4, -0.2) is 11.1 Å². The monoisotopic (exact) mass is 465 g/mol. The van der Waals surface area contributed by atoms with Crippen LogP contribution >= 0.6 is 11.8 Å². The van der Waals surface area contributed by atoms with Gasteiger partial charge in [0.2, 0.25) is 0 Å². The number of imide groups is 1. The summed E-state index contributed by atoms with van der Waals surface area (Å²) in [5.74, 6) is -1.60. The van der Waals surface area contributed by atoms with Crippen molar-refractivity contribution in [3.63, 3.8) is 0 Å². The lowest BCUT2D eigenvalue weighted by Crippen LogP contribution is -2.17. The number of hydrogen-bond donors (Lipinski definition) is 1. The Kier molecular flexibility index (Phi) is 6.03. The molecule has 0 radical (unpaired) electrons. The van der Waals surface area contributed by atoms with Gasteiger partial charge in [-0.1, -0.05) is 0 Å². The molecule has 0 saturated carbocycles. The number of hydrogen-bond acceptors (Lipinski definition) is 4. The van der Waals surface area contributed by atoms with Gasteiger partial charge in [0.15, 0.2) is 0 Å². The van der Waals surface area contributed by atoms with E-state index in [1.54, 1.807) is 0 Å². The van der Waals surface area contributed by atoms with Crippen molar-refractivity contribution in [3.05, 3.63) is 69.4 Å². The molecule has 0 atom stereocenters. The first-order chi connectivity index (χ1) is 14.3. The van der Waals surface area contributed by atoms with E-state index in [1.807, 2.05) is 5.32 Å². The van der Waals surface area contributed by atoms with Crippen LogP contribution in [0.25, 0.3) is 6.08 Å². The summed E-state index contributed by atoms with van der Waals surface area (Å²) >= 11 is 0.540. The van der Waals surface area contributed by atoms with Crippen molar-refractivity contribution in [1.29, 1.82) is 0 Å². The van der Waals surface area contributed by atoms with Crippen molar-refractivity contribution in [2.24, 2.45) is 0 Å². The normalized spacial score (nSPS) is 16.0. The Hall–Kier alpha value is -3.02. The lowest BCUT2D eigenvalue weighted by Gasteiger charge is -2.15. The minimum atomic E-state index is -5.01. The summed E-state index contributed by atoms with van der Waals surface area (Å²) in [6.45, 7) is -0.701. The van der Waals surface area contributed by atoms with Crippen LogP contribution in [0.15, 0.2) is 41.3 Å². The fourth-order valence-corrected chi connectivity index (χ4v) is 3.26. The Morgan fingerprint density at radius 1 is 0.935 bits per heavy atom. The molecule has 4 nitrogen and oxygen atoms in total. The highest BCUT2D eigenvalue weighted by molar-refractivity contribution is 8.18. The second-order valence-corrected chi connectivity index (χ2v) is 7.25. The third-order valence-electron chi connectivity index (χ3n) is 3.94. The van der Waals surface area contributed by atoms with Crippen LogP contribution in [0.5, 0.6) is 5.75 Å². The molecule has 3 rings (SSSR count). The molecule has 2 amide bonds. The zero-order valence-corrected chi connectivity index (χ0v) is 15.8. The molecule has 0 aromatic heterocycles. The molecular weight excluding hydrogens is 455 g/mol. The minimum absolute atomic E-state index is 0.00974. The lowest BCUT2D eigenvalue weighted by molar-refractivity contribution is -0.143. The largest absolute Gasteiger partial charge is 0.488 e. The van der Waals surface area contributed by atoms with Crippen LogP contribution in [0.3, 0.4) is 0 Å². The topological polar surface area (TPSA) is 55.4 Å². The van der Waals surface area contributed by atoms with Gasteiger partial charge < -0.3 is 4.74 Å². The average Bonchev–Trinajstić information content (AvgIpc) is 2.96. The molecule has 0 bridgehead atoms. The van der Waals surface area contributed by atoms with Crippen LogP contribution in [0, 0.1) is 5.82 Å². The number of rotatable bonds is 4. The van der Waals surface area contributed by atoms with Gasteiger partial charge in [-0.05, 0) is 59.8 Å². The van der Waals surface area contributed by atoms with Gasteiger partial charge in [-0.15, -0.1) is 0 Å². The number of nitrogens with one attached hydrogen (secondary N) is 1. The number of carbonyl (C=O) groups excluding carboxylic acids is 2. The van der Waals surface area contributed by atoms with Crippen LogP contribution in [-0.2, 0) is 23.8 Å². The Labute approximate surface area is 174 Å². The third kappa shape index (κ3) is 5.57. The van der Waals surface area contributed by atoms with Gasteiger partial charge in [0.25, 0.3) is 11.1 Å². The zero-order chi connectivity index (χ0) is 23.0. The average molecular weight is 465 g/mol. The second kappa shape index (κ2) is 8.25. The number of amides is 2. The van der Waals surface area contributed by atoms with Crippen LogP contribution < -0.4 is 10.1 Å². The molecule has 1 aliphatic rings. The second-order valence-electron chi connectivity index (χ2n) is 6.24. The number of alkyl halides is 6. The van der Waals surface area contributed by atoms with E-state index >= 15 is 0 Å². The maximum Gasteiger partial charge on any atom is 0.416 e. The number of thioether (sulfide) groups is 1. The van der Waals surface area contributed by atoms with Gasteiger partial charge in [-0.2, -0.15) is 26.3 Å². The molecular formula is C19H10F7NO3S. The van der Waals surface area contributed by atoms with E-state index in [4.69, 9.17) is 4.74 Å². The first-order valence-electron chi connectivity index (χ1n) is 8.28. The van der Waals surface area contributed by atoms with Crippen molar-refractivity contribution in [2.45, 2.75) is 19.0 Å². The Morgan fingerprint density at radius 3 is 2.06 bits per heavy atom. The molecule has 2 aromatic rings. The molecule has 1 fully saturated rings. The van der Waals surface area contributed by atoms with E-state index in [-0.39, 0.29) is 22.3 Å². The predicted octanol–water partition coefficient (Wildman–Crippen LogP) is 5.77. The number of carbonyl (C=O) groups is 2. The first kappa shape index (κ1) is 22.7. The highest BCUT2D eigenvalue weighted by atomic mass is 32.2. The molecule has 31 heavy (non-hydrogen) atoms. The van der Waals surface area contributed by atoms with Crippen molar-refractivity contribution in [3.8, 4) is 5.75 Å². The minimum Gasteiger partial charge on any atom is -0.488 e. The van der Waals surface area contributed by atoms with E-state index in [0.717, 1.165) is 24.3 Å². The van der Waals surface area contributed by atoms with E-state index < -0.39 is 52.6 Å². The maximum atomic E-state index is 13.6. The molecule has 1 heterocycles. The molecule has 12 heteroatoms. The van der Waals surface area contributed by atoms with Crippen molar-refractivity contribution < 1.29 is 45.1 Å². The fourth-order valence-electron chi connectivity index (χ4n) is 2.59. The Balaban J connectivity index is 1.92. The number of benzene rings is 2. The van der Waals surface area contributed by atoms with E-state index in [9.17, 15) is 40.3 Å². The first-order valence-corrected chi connectivity index (χ1v) is 9.10. The van der Waals surface area contributed by atoms with E-state index in [0.29, 0.717) is 23.9 Å². The highest BCUT2D eigenvalue weighted by Gasteiger charge is 2.37. The van der Waals surface area contributed by atoms with Crippen LogP contribution in [0.2, 0.25) is 0 Å². The fraction of sp³-hybridized carbons (Fsp3) is 0.158. The quantitative estimate of drug-likeness (QED) is 0.461. The van der Waals surface area contributed by atoms with Gasteiger partial charge >= 0.3 is 12.4 Å². The third-order valence-corrected chi connectivity index (χ3v) is 4.75. The predicted molar refractivity (Wildman–Crippen MR) is 96.3 cm³/mol. The van der Waals surface area contributed by atoms with Crippen molar-refractivity contribution >= 4 is 29.0 Å². The zero-order valence-electron chi connectivity index (χ0n) is 15.0. The van der Waals surface area contributed by atoms with Crippen molar-refractivity contribution in [2.75, 3.05) is 0 Å². The highest BCUT2D eigenvalue weighted by Crippen LogP contribution is 2.37. The molecule has 0 aliphatic carbocycles. The van der Waals surface area contributed by atoms with Gasteiger partial charge in [-0.3, -0.25) is 14.9 Å². The molecule has 1 N–H and O–H groups in total. The molecule has 1 aliphatic heterocycles. The smallest absolute Gasteiger partial charge is 0.416 e. The maximum absolute atomic E-state index is 13.6. The van der Waals surface area contributed by atoms with Gasteiger partial charge in [-0.25, -0.2) is 4.39 Å². The van der Waals surface area contributed by atoms with Gasteiger partial charge in [0.05, 0.1) is 16.0 Å². The summed E-state index contributed by atoms with van der Waals surface area (Å²) < 4.78 is 96.8. The summed E-state index contributed by atoms with van der Waals surface area (Å²) in [5.41, 5.74) is -3.46. The summed E-state index contributed by atoms with van der Waals surface area (Å²) in [6, 6.07) is 4.00. The summed E-state index contributed by atoms with van der Waals surface area (Å²) in [5, 5.41) is 1.33. The summed E-state index contributed by atoms with van der Waals surface area (Å²) in [4.78, 5) is 22.8. The van der Waals surface area contributed by atoms with Gasteiger partial charge in [0, 0.05) is 5.56 Å². The van der Waals surface area contributed by atoms with Crippen LogP contribution in [0.4, 0.5) is 35.5 Å². The Morgan fingerprint density at radius 2 is 1.55 bits per heavy atom. The van der Waals surface area contributed by atoms with Crippen molar-refractivity contribution in [1.82, 2.24) is 5.32 Å². The number of ether oxygens (including phenoxy) is 1. The molecule has 0 unspecified atom stereocenters. The molecule has 2 aromatic carbocycles. The van der Waals surface area contributed by atoms with E-state index in [2.05, 4.69) is 0 Å². The summed E-state index contributed by atoms with van der Waals surface area (Å²) in [6.07, 6.45) is -8.90. The standard InChI is InChI=1S/C19H10F7NO3S/c20-13-1-2-14(10(5-13)6-15-16(28)27-17(29)31-15)30-8-9-3-11(18(21,22)23)7-12(4-9)19(24,25)26/h1-7H,8H2,(H,27,28,29)/b15-6-. The number of halogens is 7.